The van der Waals surface area contributed by atoms with Crippen LogP contribution in [-0.2, 0) is 6.42 Å². The third-order valence-electron chi connectivity index (χ3n) is 2.55. The molecule has 14 heavy (non-hydrogen) atoms. The van der Waals surface area contributed by atoms with Gasteiger partial charge in [-0.15, -0.1) is 0 Å². The normalized spacial score (nSPS) is 19.6. The van der Waals surface area contributed by atoms with Gasteiger partial charge >= 0.3 is 0 Å². The summed E-state index contributed by atoms with van der Waals surface area (Å²) in [4.78, 5) is 10.2. The van der Waals surface area contributed by atoms with Crippen molar-refractivity contribution in [2.45, 2.75) is 25.8 Å². The molecule has 74 valence electrons. The number of nitro benzene ring substituents is 1. The Kier molecular flexibility index (Phi) is 2.11. The first-order valence-electron chi connectivity index (χ1n) is 4.70. The molecule has 4 nitrogen and oxygen atoms in total. The van der Waals surface area contributed by atoms with Crippen molar-refractivity contribution in [2.24, 2.45) is 0 Å². The Morgan fingerprint density at radius 2 is 2.36 bits per heavy atom. The Hall–Kier alpha value is -1.58. The van der Waals surface area contributed by atoms with Crippen LogP contribution in [0, 0.1) is 10.1 Å². The van der Waals surface area contributed by atoms with Crippen LogP contribution in [0.15, 0.2) is 18.2 Å². The number of rotatable bonds is 1. The highest BCUT2D eigenvalue weighted by Crippen LogP contribution is 2.28. The zero-order valence-corrected chi connectivity index (χ0v) is 7.99. The van der Waals surface area contributed by atoms with E-state index in [1.54, 1.807) is 18.2 Å². The lowest BCUT2D eigenvalue weighted by atomic mass is 9.99. The van der Waals surface area contributed by atoms with Gasteiger partial charge in [0.1, 0.15) is 0 Å². The van der Waals surface area contributed by atoms with E-state index in [2.05, 4.69) is 12.2 Å². The molecule has 0 saturated carbocycles. The summed E-state index contributed by atoms with van der Waals surface area (Å²) in [5.74, 6) is 0. The van der Waals surface area contributed by atoms with E-state index < -0.39 is 0 Å². The molecule has 1 N–H and O–H groups in total. The first-order chi connectivity index (χ1) is 6.66. The lowest BCUT2D eigenvalue weighted by Gasteiger charge is -2.23. The topological polar surface area (TPSA) is 55.2 Å². The average Bonchev–Trinajstić information content (AvgIpc) is 2.16. The fraction of sp³-hybridized carbons (Fsp3) is 0.400. The fourth-order valence-electron chi connectivity index (χ4n) is 1.75. The summed E-state index contributed by atoms with van der Waals surface area (Å²) in [6.07, 6.45) is 1.96. The van der Waals surface area contributed by atoms with E-state index in [4.69, 9.17) is 0 Å². The second kappa shape index (κ2) is 3.29. The molecule has 1 heterocycles. The van der Waals surface area contributed by atoms with Gasteiger partial charge in [-0.05, 0) is 31.4 Å². The highest BCUT2D eigenvalue weighted by atomic mass is 16.6. The molecule has 0 spiro atoms. The molecule has 1 aliphatic heterocycles. The second-order valence-electron chi connectivity index (χ2n) is 3.68. The molecule has 0 aliphatic carbocycles. The molecular weight excluding hydrogens is 180 g/mol. The standard InChI is InChI=1S/C10H12N2O2/c1-7-2-3-8-6-9(12(13)14)4-5-10(8)11-7/h4-7,11H,2-3H2,1H3. The number of fused-ring (bicyclic) bond motifs is 1. The minimum absolute atomic E-state index is 0.181. The van der Waals surface area contributed by atoms with Gasteiger partial charge in [-0.25, -0.2) is 0 Å². The number of benzene rings is 1. The summed E-state index contributed by atoms with van der Waals surface area (Å²) in [7, 11) is 0. The highest BCUT2D eigenvalue weighted by Gasteiger charge is 2.16. The first-order valence-corrected chi connectivity index (χ1v) is 4.70. The average molecular weight is 192 g/mol. The Bertz CT molecular complexity index is 376. The summed E-state index contributed by atoms with van der Waals surface area (Å²) >= 11 is 0. The van der Waals surface area contributed by atoms with Crippen LogP contribution in [0.2, 0.25) is 0 Å². The quantitative estimate of drug-likeness (QED) is 0.548. The van der Waals surface area contributed by atoms with Crippen LogP contribution in [0.5, 0.6) is 0 Å². The predicted molar refractivity (Wildman–Crippen MR) is 54.5 cm³/mol. The molecule has 4 heteroatoms. The summed E-state index contributed by atoms with van der Waals surface area (Å²) in [5, 5.41) is 13.8. The number of non-ortho nitro benzene ring substituents is 1. The van der Waals surface area contributed by atoms with E-state index in [1.165, 1.54) is 0 Å². The minimum Gasteiger partial charge on any atom is -0.382 e. The Morgan fingerprint density at radius 1 is 1.57 bits per heavy atom. The number of hydrogen-bond acceptors (Lipinski definition) is 3. The SMILES string of the molecule is CC1CCc2cc([N+](=O)[O-])ccc2N1. The number of aryl methyl sites for hydroxylation is 1. The maximum absolute atomic E-state index is 10.5. The Morgan fingerprint density at radius 3 is 3.07 bits per heavy atom. The smallest absolute Gasteiger partial charge is 0.269 e. The predicted octanol–water partition coefficient (Wildman–Crippen LogP) is 2.34. The Balaban J connectivity index is 2.36. The second-order valence-corrected chi connectivity index (χ2v) is 3.68. The molecule has 0 aromatic heterocycles. The van der Waals surface area contributed by atoms with E-state index in [0.29, 0.717) is 6.04 Å². The van der Waals surface area contributed by atoms with Crippen molar-refractivity contribution in [1.82, 2.24) is 0 Å². The highest BCUT2D eigenvalue weighted by molar-refractivity contribution is 5.58. The summed E-state index contributed by atoms with van der Waals surface area (Å²) in [5.41, 5.74) is 2.27. The molecule has 1 aromatic carbocycles. The van der Waals surface area contributed by atoms with Crippen LogP contribution in [-0.4, -0.2) is 11.0 Å². The van der Waals surface area contributed by atoms with Crippen molar-refractivity contribution < 1.29 is 4.92 Å². The van der Waals surface area contributed by atoms with E-state index in [9.17, 15) is 10.1 Å². The van der Waals surface area contributed by atoms with Gasteiger partial charge in [-0.1, -0.05) is 0 Å². The molecule has 0 fully saturated rings. The molecule has 1 aromatic rings. The van der Waals surface area contributed by atoms with Gasteiger partial charge in [-0.2, -0.15) is 0 Å². The van der Waals surface area contributed by atoms with Gasteiger partial charge in [0, 0.05) is 23.9 Å². The van der Waals surface area contributed by atoms with Gasteiger partial charge in [-0.3, -0.25) is 10.1 Å². The monoisotopic (exact) mass is 192 g/mol. The van der Waals surface area contributed by atoms with E-state index in [-0.39, 0.29) is 10.6 Å². The van der Waals surface area contributed by atoms with Crippen LogP contribution in [0.3, 0.4) is 0 Å². The molecule has 0 amide bonds. The molecule has 1 aliphatic rings. The Labute approximate surface area is 82.1 Å². The lowest BCUT2D eigenvalue weighted by Crippen LogP contribution is -2.21. The van der Waals surface area contributed by atoms with Crippen LogP contribution < -0.4 is 5.32 Å². The molecule has 0 saturated heterocycles. The molecule has 2 rings (SSSR count). The first kappa shape index (κ1) is 8.99. The van der Waals surface area contributed by atoms with Crippen molar-refractivity contribution in [3.63, 3.8) is 0 Å². The van der Waals surface area contributed by atoms with E-state index in [0.717, 1.165) is 24.1 Å². The van der Waals surface area contributed by atoms with Crippen molar-refractivity contribution in [3.05, 3.63) is 33.9 Å². The van der Waals surface area contributed by atoms with Gasteiger partial charge in [0.2, 0.25) is 0 Å². The zero-order valence-electron chi connectivity index (χ0n) is 7.99. The summed E-state index contributed by atoms with van der Waals surface area (Å²) in [6.45, 7) is 2.12. The van der Waals surface area contributed by atoms with Gasteiger partial charge in [0.25, 0.3) is 5.69 Å². The molecule has 0 bridgehead atoms. The number of hydrogen-bond donors (Lipinski definition) is 1. The van der Waals surface area contributed by atoms with Crippen LogP contribution in [0.4, 0.5) is 11.4 Å². The van der Waals surface area contributed by atoms with E-state index in [1.807, 2.05) is 0 Å². The third-order valence-corrected chi connectivity index (χ3v) is 2.55. The van der Waals surface area contributed by atoms with Crippen LogP contribution in [0.1, 0.15) is 18.9 Å². The number of anilines is 1. The zero-order chi connectivity index (χ0) is 10.1. The number of nitro groups is 1. The largest absolute Gasteiger partial charge is 0.382 e. The fourth-order valence-corrected chi connectivity index (χ4v) is 1.75. The van der Waals surface area contributed by atoms with Crippen molar-refractivity contribution in [1.29, 1.82) is 0 Å². The molecular formula is C10H12N2O2. The molecule has 1 unspecified atom stereocenters. The van der Waals surface area contributed by atoms with E-state index >= 15 is 0 Å². The summed E-state index contributed by atoms with van der Waals surface area (Å²) in [6, 6.07) is 5.46. The van der Waals surface area contributed by atoms with Gasteiger partial charge in [0.15, 0.2) is 0 Å². The van der Waals surface area contributed by atoms with Crippen molar-refractivity contribution >= 4 is 11.4 Å². The van der Waals surface area contributed by atoms with Crippen LogP contribution in [0.25, 0.3) is 0 Å². The minimum atomic E-state index is -0.349. The number of nitrogens with one attached hydrogen (secondary N) is 1. The van der Waals surface area contributed by atoms with Crippen molar-refractivity contribution in [2.75, 3.05) is 5.32 Å². The van der Waals surface area contributed by atoms with Crippen molar-refractivity contribution in [3.8, 4) is 0 Å². The van der Waals surface area contributed by atoms with Gasteiger partial charge < -0.3 is 5.32 Å². The maximum atomic E-state index is 10.5. The maximum Gasteiger partial charge on any atom is 0.269 e. The van der Waals surface area contributed by atoms with Gasteiger partial charge in [0.05, 0.1) is 4.92 Å². The number of nitrogens with zero attached hydrogens (tertiary/aromatic N) is 1. The lowest BCUT2D eigenvalue weighted by molar-refractivity contribution is -0.384. The third kappa shape index (κ3) is 1.55. The molecule has 1 atom stereocenters. The summed E-state index contributed by atoms with van der Waals surface area (Å²) < 4.78 is 0. The molecule has 0 radical (unpaired) electrons. The van der Waals surface area contributed by atoms with Crippen LogP contribution >= 0.6 is 0 Å².